The summed E-state index contributed by atoms with van der Waals surface area (Å²) in [4.78, 5) is 0. The first-order valence-corrected chi connectivity index (χ1v) is 7.23. The van der Waals surface area contributed by atoms with E-state index in [2.05, 4.69) is 0 Å². The van der Waals surface area contributed by atoms with Crippen molar-refractivity contribution >= 4 is 10.0 Å². The van der Waals surface area contributed by atoms with E-state index >= 15 is 0 Å². The fraction of sp³-hybridized carbons (Fsp3) is 1.00. The second-order valence-electron chi connectivity index (χ2n) is 4.98. The molecule has 0 saturated heterocycles. The number of sulfonamides is 1. The molecule has 2 fully saturated rings. The summed E-state index contributed by atoms with van der Waals surface area (Å²) < 4.78 is 24.0. The molecule has 0 aromatic rings. The number of nitrogens with zero attached hydrogens (tertiary/aromatic N) is 1. The van der Waals surface area contributed by atoms with Crippen molar-refractivity contribution in [2.45, 2.75) is 25.7 Å². The van der Waals surface area contributed by atoms with Crippen LogP contribution in [0.5, 0.6) is 0 Å². The van der Waals surface area contributed by atoms with Gasteiger partial charge in [-0.2, -0.15) is 0 Å². The van der Waals surface area contributed by atoms with Crippen molar-refractivity contribution in [3.63, 3.8) is 0 Å². The maximum atomic E-state index is 11.3. The molecule has 0 N–H and O–H groups in total. The highest BCUT2D eigenvalue weighted by Gasteiger charge is 2.40. The molecule has 0 heterocycles. The topological polar surface area (TPSA) is 37.4 Å². The summed E-state index contributed by atoms with van der Waals surface area (Å²) in [6.45, 7) is 0.736. The summed E-state index contributed by atoms with van der Waals surface area (Å²) in [6.07, 6.45) is 6.60. The Labute approximate surface area is 86.5 Å². The molecule has 2 bridgehead atoms. The third-order valence-electron chi connectivity index (χ3n) is 3.94. The molecule has 3 atom stereocenters. The average Bonchev–Trinajstić information content (AvgIpc) is 2.62. The molecule has 0 radical (unpaired) electrons. The van der Waals surface area contributed by atoms with Crippen molar-refractivity contribution in [1.82, 2.24) is 4.31 Å². The maximum absolute atomic E-state index is 11.3. The highest BCUT2D eigenvalue weighted by molar-refractivity contribution is 7.88. The lowest BCUT2D eigenvalue weighted by atomic mass is 9.89. The summed E-state index contributed by atoms with van der Waals surface area (Å²) in [5, 5.41) is 0. The molecule has 2 saturated carbocycles. The third-order valence-corrected chi connectivity index (χ3v) is 5.22. The van der Waals surface area contributed by atoms with Crippen LogP contribution < -0.4 is 0 Å². The molecule has 2 aliphatic carbocycles. The molecule has 82 valence electrons. The summed E-state index contributed by atoms with van der Waals surface area (Å²) in [7, 11) is -1.28. The van der Waals surface area contributed by atoms with Gasteiger partial charge < -0.3 is 0 Å². The Kier molecular flexibility index (Phi) is 2.60. The van der Waals surface area contributed by atoms with Crippen molar-refractivity contribution < 1.29 is 8.42 Å². The van der Waals surface area contributed by atoms with Gasteiger partial charge in [0, 0.05) is 13.6 Å². The van der Waals surface area contributed by atoms with E-state index < -0.39 is 10.0 Å². The summed E-state index contributed by atoms with van der Waals surface area (Å²) in [5.41, 5.74) is 0. The van der Waals surface area contributed by atoms with E-state index in [4.69, 9.17) is 0 Å². The zero-order valence-corrected chi connectivity index (χ0v) is 9.76. The van der Waals surface area contributed by atoms with Gasteiger partial charge in [-0.1, -0.05) is 6.42 Å². The minimum absolute atomic E-state index is 0.633. The van der Waals surface area contributed by atoms with Crippen molar-refractivity contribution in [3.05, 3.63) is 0 Å². The van der Waals surface area contributed by atoms with E-state index in [0.29, 0.717) is 5.92 Å². The predicted octanol–water partition coefficient (Wildman–Crippen LogP) is 1.31. The van der Waals surface area contributed by atoms with E-state index in [1.54, 1.807) is 7.05 Å². The average molecular weight is 217 g/mol. The van der Waals surface area contributed by atoms with Crippen molar-refractivity contribution in [2.24, 2.45) is 17.8 Å². The Morgan fingerprint density at radius 3 is 2.43 bits per heavy atom. The van der Waals surface area contributed by atoms with Gasteiger partial charge in [-0.3, -0.25) is 0 Å². The van der Waals surface area contributed by atoms with Crippen LogP contribution >= 0.6 is 0 Å². The highest BCUT2D eigenvalue weighted by Crippen LogP contribution is 2.48. The predicted molar refractivity (Wildman–Crippen MR) is 56.4 cm³/mol. The first kappa shape index (κ1) is 10.4. The van der Waals surface area contributed by atoms with Crippen molar-refractivity contribution in [3.8, 4) is 0 Å². The van der Waals surface area contributed by atoms with Gasteiger partial charge in [0.15, 0.2) is 0 Å². The van der Waals surface area contributed by atoms with Crippen LogP contribution in [-0.2, 0) is 10.0 Å². The van der Waals surface area contributed by atoms with E-state index in [1.165, 1.54) is 36.2 Å². The molecule has 14 heavy (non-hydrogen) atoms. The molecule has 0 aliphatic heterocycles. The van der Waals surface area contributed by atoms with Crippen LogP contribution in [0, 0.1) is 17.8 Å². The fourth-order valence-corrected chi connectivity index (χ4v) is 3.53. The van der Waals surface area contributed by atoms with E-state index in [9.17, 15) is 8.42 Å². The van der Waals surface area contributed by atoms with Crippen LogP contribution in [-0.4, -0.2) is 32.6 Å². The number of hydrogen-bond donors (Lipinski definition) is 0. The number of rotatable bonds is 3. The molecular weight excluding hydrogens is 198 g/mol. The lowest BCUT2D eigenvalue weighted by Crippen LogP contribution is -2.32. The van der Waals surface area contributed by atoms with E-state index in [0.717, 1.165) is 18.4 Å². The minimum Gasteiger partial charge on any atom is -0.213 e. The Bertz CT molecular complexity index is 312. The minimum atomic E-state index is -2.97. The highest BCUT2D eigenvalue weighted by atomic mass is 32.2. The lowest BCUT2D eigenvalue weighted by Gasteiger charge is -2.25. The van der Waals surface area contributed by atoms with Crippen molar-refractivity contribution in [2.75, 3.05) is 19.8 Å². The summed E-state index contributed by atoms with van der Waals surface area (Å²) >= 11 is 0. The molecule has 2 rings (SSSR count). The van der Waals surface area contributed by atoms with Crippen LogP contribution in [0.3, 0.4) is 0 Å². The van der Waals surface area contributed by atoms with Crippen LogP contribution in [0.1, 0.15) is 25.7 Å². The van der Waals surface area contributed by atoms with Gasteiger partial charge in [0.25, 0.3) is 0 Å². The second kappa shape index (κ2) is 3.49. The first-order chi connectivity index (χ1) is 6.47. The van der Waals surface area contributed by atoms with Crippen LogP contribution in [0.2, 0.25) is 0 Å². The normalized spacial score (nSPS) is 36.9. The SMILES string of the molecule is CN(CC1CC2CCC1C2)S(C)(=O)=O. The second-order valence-corrected chi connectivity index (χ2v) is 7.07. The summed E-state index contributed by atoms with van der Waals surface area (Å²) in [6, 6.07) is 0. The van der Waals surface area contributed by atoms with Gasteiger partial charge in [0.1, 0.15) is 0 Å². The van der Waals surface area contributed by atoms with E-state index in [-0.39, 0.29) is 0 Å². The number of fused-ring (bicyclic) bond motifs is 2. The molecule has 3 nitrogen and oxygen atoms in total. The molecule has 0 spiro atoms. The molecular formula is C10H19NO2S. The van der Waals surface area contributed by atoms with Gasteiger partial charge in [0.2, 0.25) is 10.0 Å². The molecule has 3 unspecified atom stereocenters. The van der Waals surface area contributed by atoms with Crippen molar-refractivity contribution in [1.29, 1.82) is 0 Å². The van der Waals surface area contributed by atoms with Crippen LogP contribution in [0.4, 0.5) is 0 Å². The van der Waals surface area contributed by atoms with Crippen LogP contribution in [0.15, 0.2) is 0 Å². The molecule has 0 aromatic heterocycles. The third kappa shape index (κ3) is 1.96. The Hall–Kier alpha value is -0.0900. The molecule has 0 aromatic carbocycles. The zero-order chi connectivity index (χ0) is 10.3. The Balaban J connectivity index is 1.93. The Morgan fingerprint density at radius 2 is 2.00 bits per heavy atom. The lowest BCUT2D eigenvalue weighted by molar-refractivity contribution is 0.281. The van der Waals surface area contributed by atoms with E-state index in [1.807, 2.05) is 0 Å². The fourth-order valence-electron chi connectivity index (χ4n) is 3.07. The standard InChI is InChI=1S/C10H19NO2S/c1-11(14(2,12)13)7-10-6-8-3-4-9(10)5-8/h8-10H,3-7H2,1-2H3. The monoisotopic (exact) mass is 217 g/mol. The van der Waals surface area contributed by atoms with Crippen LogP contribution in [0.25, 0.3) is 0 Å². The quantitative estimate of drug-likeness (QED) is 0.715. The molecule has 2 aliphatic rings. The molecule has 4 heteroatoms. The maximum Gasteiger partial charge on any atom is 0.210 e. The first-order valence-electron chi connectivity index (χ1n) is 5.38. The Morgan fingerprint density at radius 1 is 1.29 bits per heavy atom. The zero-order valence-electron chi connectivity index (χ0n) is 8.94. The number of hydrogen-bond acceptors (Lipinski definition) is 2. The molecule has 0 amide bonds. The summed E-state index contributed by atoms with van der Waals surface area (Å²) in [5.74, 6) is 2.34. The van der Waals surface area contributed by atoms with Gasteiger partial charge in [-0.25, -0.2) is 12.7 Å². The largest absolute Gasteiger partial charge is 0.213 e. The smallest absolute Gasteiger partial charge is 0.210 e. The van der Waals surface area contributed by atoms with Gasteiger partial charge in [-0.15, -0.1) is 0 Å². The van der Waals surface area contributed by atoms with Gasteiger partial charge in [-0.05, 0) is 37.0 Å². The van der Waals surface area contributed by atoms with Gasteiger partial charge >= 0.3 is 0 Å². The van der Waals surface area contributed by atoms with Gasteiger partial charge in [0.05, 0.1) is 6.26 Å².